The number of oxime groups is 1. The maximum atomic E-state index is 14.4. The maximum absolute atomic E-state index is 14.4. The second-order valence-corrected chi connectivity index (χ2v) is 11.1. The van der Waals surface area contributed by atoms with Crippen LogP contribution >= 0.6 is 50.9 Å². The lowest BCUT2D eigenvalue weighted by Crippen LogP contribution is -2.55. The third kappa shape index (κ3) is 4.37. The van der Waals surface area contributed by atoms with Crippen LogP contribution in [0.1, 0.15) is 34.0 Å². The van der Waals surface area contributed by atoms with Crippen LogP contribution < -0.4 is 5.32 Å². The summed E-state index contributed by atoms with van der Waals surface area (Å²) in [6.45, 7) is 3.70. The molecule has 33 heavy (non-hydrogen) atoms. The summed E-state index contributed by atoms with van der Waals surface area (Å²) in [5, 5.41) is 6.90. The van der Waals surface area contributed by atoms with Crippen molar-refractivity contribution in [2.45, 2.75) is 36.0 Å². The molecule has 0 aliphatic carbocycles. The number of halogens is 6. The first kappa shape index (κ1) is 24.7. The van der Waals surface area contributed by atoms with Crippen LogP contribution in [0.3, 0.4) is 0 Å². The van der Waals surface area contributed by atoms with E-state index in [-0.39, 0.29) is 32.8 Å². The van der Waals surface area contributed by atoms with E-state index in [4.69, 9.17) is 28.0 Å². The van der Waals surface area contributed by atoms with Gasteiger partial charge in [-0.25, -0.2) is 0 Å². The first-order chi connectivity index (χ1) is 15.4. The lowest BCUT2D eigenvalue weighted by Gasteiger charge is -2.38. The van der Waals surface area contributed by atoms with E-state index in [0.717, 1.165) is 23.6 Å². The molecule has 11 heteroatoms. The molecule has 0 aromatic heterocycles. The molecule has 4 nitrogen and oxygen atoms in total. The molecule has 2 aromatic rings. The van der Waals surface area contributed by atoms with Gasteiger partial charge in [0, 0.05) is 38.2 Å². The third-order valence-electron chi connectivity index (χ3n) is 5.62. The number of hydrogen-bond donors (Lipinski definition) is 1. The number of aryl methyl sites for hydroxylation is 1. The van der Waals surface area contributed by atoms with E-state index in [1.54, 1.807) is 36.9 Å². The number of amides is 1. The average Bonchev–Trinajstić information content (AvgIpc) is 3.04. The van der Waals surface area contributed by atoms with Crippen molar-refractivity contribution in [3.05, 3.63) is 68.7 Å². The SMILES string of the molecule is Cc1cc(C2=NOC(c3cc(Cl)cc(Cl)c3)(C(F)(F)F)C2Br)ccc1C(=O)NC1(C)CSC1. The molecule has 2 heterocycles. The van der Waals surface area contributed by atoms with Gasteiger partial charge in [-0.1, -0.05) is 50.4 Å². The Morgan fingerprint density at radius 2 is 1.85 bits per heavy atom. The van der Waals surface area contributed by atoms with Crippen molar-refractivity contribution >= 4 is 62.5 Å². The average molecular weight is 582 g/mol. The van der Waals surface area contributed by atoms with Crippen molar-refractivity contribution < 1.29 is 22.8 Å². The van der Waals surface area contributed by atoms with Crippen molar-refractivity contribution in [3.8, 4) is 0 Å². The molecule has 0 saturated carbocycles. The monoisotopic (exact) mass is 580 g/mol. The van der Waals surface area contributed by atoms with Gasteiger partial charge in [-0.15, -0.1) is 0 Å². The fourth-order valence-corrected chi connectivity index (χ4v) is 6.27. The number of carbonyl (C=O) groups is 1. The van der Waals surface area contributed by atoms with Gasteiger partial charge in [-0.2, -0.15) is 24.9 Å². The summed E-state index contributed by atoms with van der Waals surface area (Å²) in [6.07, 6.45) is -4.84. The Balaban J connectivity index is 1.66. The van der Waals surface area contributed by atoms with Crippen LogP contribution in [-0.4, -0.2) is 39.7 Å². The number of hydrogen-bond acceptors (Lipinski definition) is 4. The number of rotatable bonds is 4. The van der Waals surface area contributed by atoms with Crippen LogP contribution in [0, 0.1) is 6.92 Å². The minimum absolute atomic E-state index is 0.0424. The first-order valence-corrected chi connectivity index (χ1v) is 12.6. The Morgan fingerprint density at radius 3 is 2.36 bits per heavy atom. The Hall–Kier alpha value is -1.42. The second-order valence-electron chi connectivity index (χ2n) is 8.36. The lowest BCUT2D eigenvalue weighted by molar-refractivity contribution is -0.273. The minimum atomic E-state index is -4.84. The number of nitrogens with one attached hydrogen (secondary N) is 1. The highest BCUT2D eigenvalue weighted by atomic mass is 79.9. The van der Waals surface area contributed by atoms with Crippen LogP contribution in [0.2, 0.25) is 10.0 Å². The van der Waals surface area contributed by atoms with Crippen molar-refractivity contribution in [3.63, 3.8) is 0 Å². The molecule has 1 amide bonds. The molecule has 0 spiro atoms. The second kappa shape index (κ2) is 8.66. The molecule has 0 bridgehead atoms. The quantitative estimate of drug-likeness (QED) is 0.420. The first-order valence-electron chi connectivity index (χ1n) is 9.81. The molecule has 2 aliphatic heterocycles. The molecule has 4 rings (SSSR count). The molecule has 2 aliphatic rings. The molecule has 0 radical (unpaired) electrons. The van der Waals surface area contributed by atoms with Crippen LogP contribution in [0.4, 0.5) is 13.2 Å². The number of nitrogens with zero attached hydrogens (tertiary/aromatic N) is 1. The number of benzene rings is 2. The fraction of sp³-hybridized carbons (Fsp3) is 0.364. The van der Waals surface area contributed by atoms with E-state index in [9.17, 15) is 18.0 Å². The normalized spacial score (nSPS) is 24.0. The fourth-order valence-electron chi connectivity index (χ4n) is 3.83. The molecular weight excluding hydrogens is 564 g/mol. The van der Waals surface area contributed by atoms with Crippen LogP contribution in [0.25, 0.3) is 0 Å². The molecule has 1 saturated heterocycles. The molecule has 2 aromatic carbocycles. The Labute approximate surface area is 211 Å². The van der Waals surface area contributed by atoms with Gasteiger partial charge in [0.15, 0.2) is 0 Å². The van der Waals surface area contributed by atoms with E-state index in [2.05, 4.69) is 26.4 Å². The number of thioether (sulfide) groups is 1. The molecule has 2 unspecified atom stereocenters. The van der Waals surface area contributed by atoms with E-state index in [0.29, 0.717) is 16.7 Å². The standard InChI is InChI=1S/C22H18BrCl2F3N2O2S/c1-11-5-12(3-4-16(11)19(31)29-20(2)9-33-10-20)17-18(23)21(32-30-17,22(26,27)28)13-6-14(24)8-15(25)7-13/h3-8,18H,9-10H2,1-2H3,(H,29,31). The number of alkyl halides is 4. The van der Waals surface area contributed by atoms with Crippen LogP contribution in [-0.2, 0) is 10.4 Å². The summed E-state index contributed by atoms with van der Waals surface area (Å²) in [5.41, 5.74) is -1.84. The third-order valence-corrected chi connectivity index (χ3v) is 8.82. The van der Waals surface area contributed by atoms with Crippen molar-refractivity contribution in [2.24, 2.45) is 5.16 Å². The topological polar surface area (TPSA) is 50.7 Å². The highest BCUT2D eigenvalue weighted by Crippen LogP contribution is 2.52. The van der Waals surface area contributed by atoms with Crippen LogP contribution in [0.15, 0.2) is 41.6 Å². The Kier molecular flexibility index (Phi) is 6.48. The number of carbonyl (C=O) groups excluding carboxylic acids is 1. The van der Waals surface area contributed by atoms with Gasteiger partial charge in [0.2, 0.25) is 0 Å². The van der Waals surface area contributed by atoms with Crippen molar-refractivity contribution in [2.75, 3.05) is 11.5 Å². The minimum Gasteiger partial charge on any atom is -0.373 e. The largest absolute Gasteiger partial charge is 0.436 e. The Morgan fingerprint density at radius 1 is 1.21 bits per heavy atom. The summed E-state index contributed by atoms with van der Waals surface area (Å²) in [6, 6.07) is 8.43. The predicted octanol–water partition coefficient (Wildman–Crippen LogP) is 6.49. The summed E-state index contributed by atoms with van der Waals surface area (Å²) >= 11 is 16.9. The van der Waals surface area contributed by atoms with E-state index in [1.165, 1.54) is 6.07 Å². The molecule has 1 fully saturated rings. The highest BCUT2D eigenvalue weighted by molar-refractivity contribution is 9.10. The molecule has 176 valence electrons. The zero-order chi connectivity index (χ0) is 24.2. The Bertz CT molecular complexity index is 1140. The maximum Gasteiger partial charge on any atom is 0.436 e. The molecule has 1 N–H and O–H groups in total. The zero-order valence-corrected chi connectivity index (χ0v) is 21.3. The van der Waals surface area contributed by atoms with Gasteiger partial charge in [-0.3, -0.25) is 4.79 Å². The zero-order valence-electron chi connectivity index (χ0n) is 17.4. The van der Waals surface area contributed by atoms with Gasteiger partial charge in [0.1, 0.15) is 10.5 Å². The van der Waals surface area contributed by atoms with Gasteiger partial charge < -0.3 is 10.2 Å². The highest BCUT2D eigenvalue weighted by Gasteiger charge is 2.67. The van der Waals surface area contributed by atoms with Crippen molar-refractivity contribution in [1.82, 2.24) is 5.32 Å². The smallest absolute Gasteiger partial charge is 0.373 e. The van der Waals surface area contributed by atoms with E-state index >= 15 is 0 Å². The van der Waals surface area contributed by atoms with E-state index in [1.807, 2.05) is 6.92 Å². The summed E-state index contributed by atoms with van der Waals surface area (Å²) < 4.78 is 43.1. The van der Waals surface area contributed by atoms with Gasteiger partial charge in [0.25, 0.3) is 11.5 Å². The van der Waals surface area contributed by atoms with Gasteiger partial charge in [-0.05, 0) is 49.7 Å². The molecule has 2 atom stereocenters. The summed E-state index contributed by atoms with van der Waals surface area (Å²) in [7, 11) is 0. The molecular formula is C22H18BrCl2F3N2O2S. The summed E-state index contributed by atoms with van der Waals surface area (Å²) in [5.74, 6) is 1.45. The van der Waals surface area contributed by atoms with Crippen LogP contribution in [0.5, 0.6) is 0 Å². The van der Waals surface area contributed by atoms with E-state index < -0.39 is 16.6 Å². The summed E-state index contributed by atoms with van der Waals surface area (Å²) in [4.78, 5) is 16.4. The lowest BCUT2D eigenvalue weighted by atomic mass is 9.86. The van der Waals surface area contributed by atoms with Crippen molar-refractivity contribution in [1.29, 1.82) is 0 Å². The predicted molar refractivity (Wildman–Crippen MR) is 129 cm³/mol. The van der Waals surface area contributed by atoms with Gasteiger partial charge in [0.05, 0.1) is 5.54 Å². The van der Waals surface area contributed by atoms with Gasteiger partial charge >= 0.3 is 6.18 Å².